The van der Waals surface area contributed by atoms with E-state index < -0.39 is 0 Å². The molecule has 0 fully saturated rings. The van der Waals surface area contributed by atoms with Crippen molar-refractivity contribution in [1.29, 1.82) is 0 Å². The first-order valence-corrected chi connectivity index (χ1v) is 7.30. The van der Waals surface area contributed by atoms with Gasteiger partial charge in [0.15, 0.2) is 5.82 Å². The molecule has 0 amide bonds. The summed E-state index contributed by atoms with van der Waals surface area (Å²) in [6.45, 7) is 6.28. The van der Waals surface area contributed by atoms with Gasteiger partial charge in [-0.25, -0.2) is 9.97 Å². The summed E-state index contributed by atoms with van der Waals surface area (Å²) in [5.41, 5.74) is 2.74. The average Bonchev–Trinajstić information content (AvgIpc) is 2.35. The monoisotopic (exact) mass is 339 g/mol. The third kappa shape index (κ3) is 3.31. The van der Waals surface area contributed by atoms with Gasteiger partial charge in [0, 0.05) is 6.20 Å². The molecule has 0 aliphatic carbocycles. The van der Waals surface area contributed by atoms with Gasteiger partial charge in [0.1, 0.15) is 10.8 Å². The second kappa shape index (κ2) is 5.97. The van der Waals surface area contributed by atoms with E-state index in [1.807, 2.05) is 19.1 Å². The van der Waals surface area contributed by atoms with E-state index in [9.17, 15) is 0 Å². The van der Waals surface area contributed by atoms with Crippen LogP contribution in [0.4, 0.5) is 0 Å². The van der Waals surface area contributed by atoms with Crippen LogP contribution in [-0.4, -0.2) is 15.0 Å². The fourth-order valence-electron chi connectivity index (χ4n) is 1.81. The standard InChI is InChI=1S/C14H15BrClN3/c1-8(2)7-10-11(15)13(16)19-14(18-10)12-9(3)5-4-6-17-12/h4-6,8H,7H2,1-3H3. The quantitative estimate of drug-likeness (QED) is 0.774. The van der Waals surface area contributed by atoms with Crippen LogP contribution in [0.3, 0.4) is 0 Å². The molecule has 2 aromatic heterocycles. The number of aryl methyl sites for hydroxylation is 1. The number of halogens is 2. The molecule has 0 saturated carbocycles. The zero-order valence-electron chi connectivity index (χ0n) is 11.1. The Bertz CT molecular complexity index is 599. The lowest BCUT2D eigenvalue weighted by molar-refractivity contribution is 0.632. The largest absolute Gasteiger partial charge is 0.253 e. The van der Waals surface area contributed by atoms with Crippen molar-refractivity contribution in [3.05, 3.63) is 39.2 Å². The van der Waals surface area contributed by atoms with E-state index in [0.29, 0.717) is 16.9 Å². The SMILES string of the molecule is Cc1cccnc1-c1nc(Cl)c(Br)c(CC(C)C)n1. The molecule has 0 N–H and O–H groups in total. The van der Waals surface area contributed by atoms with Gasteiger partial charge >= 0.3 is 0 Å². The Morgan fingerprint density at radius 3 is 2.68 bits per heavy atom. The van der Waals surface area contributed by atoms with Gasteiger partial charge in [0.25, 0.3) is 0 Å². The molecule has 0 aliphatic rings. The summed E-state index contributed by atoms with van der Waals surface area (Å²) >= 11 is 9.64. The van der Waals surface area contributed by atoms with E-state index in [4.69, 9.17) is 11.6 Å². The summed E-state index contributed by atoms with van der Waals surface area (Å²) in [4.78, 5) is 13.3. The Morgan fingerprint density at radius 1 is 1.32 bits per heavy atom. The predicted octanol–water partition coefficient (Wildman–Crippen LogP) is 4.46. The lowest BCUT2D eigenvalue weighted by Crippen LogP contribution is -2.04. The van der Waals surface area contributed by atoms with Gasteiger partial charge in [0.2, 0.25) is 0 Å². The minimum absolute atomic E-state index is 0.436. The molecule has 2 rings (SSSR count). The van der Waals surface area contributed by atoms with Crippen LogP contribution >= 0.6 is 27.5 Å². The van der Waals surface area contributed by atoms with Crippen molar-refractivity contribution >= 4 is 27.5 Å². The molecule has 0 bridgehead atoms. The van der Waals surface area contributed by atoms with Crippen LogP contribution in [0.5, 0.6) is 0 Å². The molecule has 2 heterocycles. The van der Waals surface area contributed by atoms with Crippen LogP contribution < -0.4 is 0 Å². The minimum Gasteiger partial charge on any atom is -0.253 e. The first kappa shape index (κ1) is 14.4. The fourth-order valence-corrected chi connectivity index (χ4v) is 2.34. The van der Waals surface area contributed by atoms with Crippen molar-refractivity contribution in [2.45, 2.75) is 27.2 Å². The number of hydrogen-bond acceptors (Lipinski definition) is 3. The van der Waals surface area contributed by atoms with Gasteiger partial charge in [-0.3, -0.25) is 4.98 Å². The zero-order chi connectivity index (χ0) is 14.0. The van der Waals surface area contributed by atoms with E-state index in [-0.39, 0.29) is 0 Å². The van der Waals surface area contributed by atoms with Crippen molar-refractivity contribution in [3.63, 3.8) is 0 Å². The van der Waals surface area contributed by atoms with Gasteiger partial charge in [-0.1, -0.05) is 31.5 Å². The average molecular weight is 341 g/mol. The molecule has 2 aromatic rings. The van der Waals surface area contributed by atoms with Crippen LogP contribution in [0, 0.1) is 12.8 Å². The van der Waals surface area contributed by atoms with E-state index in [1.54, 1.807) is 6.20 Å². The van der Waals surface area contributed by atoms with Crippen LogP contribution in [0.15, 0.2) is 22.8 Å². The second-order valence-electron chi connectivity index (χ2n) is 4.87. The Morgan fingerprint density at radius 2 is 2.05 bits per heavy atom. The third-order valence-corrected chi connectivity index (χ3v) is 4.04. The van der Waals surface area contributed by atoms with Crippen LogP contribution in [0.2, 0.25) is 5.15 Å². The smallest absolute Gasteiger partial charge is 0.180 e. The topological polar surface area (TPSA) is 38.7 Å². The van der Waals surface area contributed by atoms with E-state index in [0.717, 1.165) is 27.8 Å². The molecule has 100 valence electrons. The third-order valence-electron chi connectivity index (χ3n) is 2.70. The van der Waals surface area contributed by atoms with E-state index in [1.165, 1.54) is 0 Å². The number of aromatic nitrogens is 3. The highest BCUT2D eigenvalue weighted by atomic mass is 79.9. The van der Waals surface area contributed by atoms with E-state index in [2.05, 4.69) is 44.7 Å². The zero-order valence-corrected chi connectivity index (χ0v) is 13.5. The summed E-state index contributed by atoms with van der Waals surface area (Å²) in [7, 11) is 0. The lowest BCUT2D eigenvalue weighted by Gasteiger charge is -2.10. The van der Waals surface area contributed by atoms with Crippen molar-refractivity contribution in [3.8, 4) is 11.5 Å². The Labute approximate surface area is 126 Å². The molecule has 0 spiro atoms. The number of pyridine rings is 1. The maximum Gasteiger partial charge on any atom is 0.180 e. The highest BCUT2D eigenvalue weighted by Gasteiger charge is 2.15. The number of nitrogens with zero attached hydrogens (tertiary/aromatic N) is 3. The summed E-state index contributed by atoms with van der Waals surface area (Å²) < 4.78 is 0.778. The van der Waals surface area contributed by atoms with Gasteiger partial charge in [-0.2, -0.15) is 0 Å². The van der Waals surface area contributed by atoms with Gasteiger partial charge in [-0.05, 0) is 46.8 Å². The molecule has 0 aromatic carbocycles. The van der Waals surface area contributed by atoms with Gasteiger partial charge < -0.3 is 0 Å². The minimum atomic E-state index is 0.436. The molecule has 0 unspecified atom stereocenters. The molecular weight excluding hydrogens is 326 g/mol. The van der Waals surface area contributed by atoms with Crippen LogP contribution in [0.25, 0.3) is 11.5 Å². The first-order valence-electron chi connectivity index (χ1n) is 6.13. The number of rotatable bonds is 3. The summed E-state index contributed by atoms with van der Waals surface area (Å²) in [5.74, 6) is 1.09. The van der Waals surface area contributed by atoms with Crippen LogP contribution in [0.1, 0.15) is 25.1 Å². The molecule has 5 heteroatoms. The van der Waals surface area contributed by atoms with Crippen LogP contribution in [-0.2, 0) is 6.42 Å². The molecule has 19 heavy (non-hydrogen) atoms. The molecule has 0 atom stereocenters. The molecule has 3 nitrogen and oxygen atoms in total. The summed E-state index contributed by atoms with van der Waals surface area (Å²) in [6.07, 6.45) is 2.59. The van der Waals surface area contributed by atoms with Crippen molar-refractivity contribution in [1.82, 2.24) is 15.0 Å². The first-order chi connectivity index (χ1) is 8.99. The molecule has 0 saturated heterocycles. The Balaban J connectivity index is 2.54. The molecule has 0 radical (unpaired) electrons. The maximum absolute atomic E-state index is 6.18. The van der Waals surface area contributed by atoms with Crippen molar-refractivity contribution < 1.29 is 0 Å². The molecule has 0 aliphatic heterocycles. The van der Waals surface area contributed by atoms with Crippen molar-refractivity contribution in [2.24, 2.45) is 5.92 Å². The normalized spacial score (nSPS) is 11.1. The predicted molar refractivity (Wildman–Crippen MR) is 81.3 cm³/mol. The van der Waals surface area contributed by atoms with E-state index >= 15 is 0 Å². The van der Waals surface area contributed by atoms with Crippen molar-refractivity contribution in [2.75, 3.05) is 0 Å². The lowest BCUT2D eigenvalue weighted by atomic mass is 10.1. The highest BCUT2D eigenvalue weighted by Crippen LogP contribution is 2.28. The molecular formula is C14H15BrClN3. The summed E-state index contributed by atoms with van der Waals surface area (Å²) in [5, 5.41) is 0.436. The highest BCUT2D eigenvalue weighted by molar-refractivity contribution is 9.10. The second-order valence-corrected chi connectivity index (χ2v) is 6.02. The summed E-state index contributed by atoms with van der Waals surface area (Å²) in [6, 6.07) is 3.89. The fraction of sp³-hybridized carbons (Fsp3) is 0.357. The van der Waals surface area contributed by atoms with Gasteiger partial charge in [-0.15, -0.1) is 0 Å². The Kier molecular flexibility index (Phi) is 4.53. The number of hydrogen-bond donors (Lipinski definition) is 0. The Hall–Kier alpha value is -1.00. The van der Waals surface area contributed by atoms with Gasteiger partial charge in [0.05, 0.1) is 10.2 Å². The maximum atomic E-state index is 6.18.